The summed E-state index contributed by atoms with van der Waals surface area (Å²) in [5.74, 6) is 6.26. The molecule has 13 heteroatoms. The molecular weight excluding hydrogens is 564 g/mol. The van der Waals surface area contributed by atoms with Crippen LogP contribution in [0.1, 0.15) is 23.2 Å². The highest BCUT2D eigenvalue weighted by Crippen LogP contribution is 2.34. The predicted octanol–water partition coefficient (Wildman–Crippen LogP) is 3.61. The number of aromatic nitrogens is 1. The van der Waals surface area contributed by atoms with Crippen LogP contribution < -0.4 is 17.1 Å². The van der Waals surface area contributed by atoms with Gasteiger partial charge in [-0.05, 0) is 32.0 Å². The molecule has 9 nitrogen and oxygen atoms in total. The van der Waals surface area contributed by atoms with Crippen molar-refractivity contribution in [1.29, 1.82) is 5.26 Å². The van der Waals surface area contributed by atoms with Gasteiger partial charge < -0.3 is 20.2 Å². The number of halogens is 2. The van der Waals surface area contributed by atoms with Crippen molar-refractivity contribution in [3.05, 3.63) is 49.5 Å². The summed E-state index contributed by atoms with van der Waals surface area (Å²) in [5.41, 5.74) is 10.2. The maximum absolute atomic E-state index is 9.57. The molecule has 0 spiro atoms. The SMILES string of the molecule is CO[C@@H](CN(N)/C=C(\N)c1nc(C)c(Cl)s1)C(OC1CNOC1C)Sc1cc(Br)ccc1C#N. The van der Waals surface area contributed by atoms with Gasteiger partial charge in [0.2, 0.25) is 0 Å². The lowest BCUT2D eigenvalue weighted by molar-refractivity contribution is -0.0724. The van der Waals surface area contributed by atoms with Gasteiger partial charge in [-0.3, -0.25) is 4.84 Å². The third kappa shape index (κ3) is 7.07. The van der Waals surface area contributed by atoms with Crippen molar-refractivity contribution in [2.45, 2.75) is 42.5 Å². The van der Waals surface area contributed by atoms with Crippen LogP contribution >= 0.6 is 50.6 Å². The van der Waals surface area contributed by atoms with E-state index in [1.807, 2.05) is 26.0 Å². The summed E-state index contributed by atoms with van der Waals surface area (Å²) in [6, 6.07) is 7.69. The van der Waals surface area contributed by atoms with Crippen LogP contribution in [0.5, 0.6) is 0 Å². The molecule has 0 bridgehead atoms. The van der Waals surface area contributed by atoms with Crippen molar-refractivity contribution >= 4 is 56.3 Å². The number of thiazole rings is 1. The normalized spacial score (nSPS) is 20.2. The summed E-state index contributed by atoms with van der Waals surface area (Å²) in [6.07, 6.45) is 0.755. The molecular formula is C21H26BrClN6O3S2. The van der Waals surface area contributed by atoms with Crippen LogP contribution in [0, 0.1) is 18.3 Å². The molecule has 0 amide bonds. The van der Waals surface area contributed by atoms with Gasteiger partial charge in [0.05, 0.1) is 30.0 Å². The van der Waals surface area contributed by atoms with E-state index >= 15 is 0 Å². The highest BCUT2D eigenvalue weighted by Gasteiger charge is 2.33. The molecule has 1 aliphatic heterocycles. The molecule has 1 aromatic heterocycles. The van der Waals surface area contributed by atoms with E-state index in [9.17, 15) is 5.26 Å². The van der Waals surface area contributed by atoms with E-state index in [2.05, 4.69) is 32.5 Å². The number of ether oxygens (including phenoxy) is 2. The number of aryl methyl sites for hydroxylation is 1. The summed E-state index contributed by atoms with van der Waals surface area (Å²) in [6.45, 7) is 4.53. The monoisotopic (exact) mass is 588 g/mol. The molecule has 184 valence electrons. The van der Waals surface area contributed by atoms with E-state index in [0.29, 0.717) is 32.8 Å². The second-order valence-corrected chi connectivity index (χ2v) is 11.2. The second-order valence-electron chi connectivity index (χ2n) is 7.52. The average Bonchev–Trinajstić information content (AvgIpc) is 3.36. The molecule has 1 aromatic carbocycles. The van der Waals surface area contributed by atoms with Gasteiger partial charge in [-0.2, -0.15) is 10.7 Å². The highest BCUT2D eigenvalue weighted by molar-refractivity contribution is 9.10. The van der Waals surface area contributed by atoms with Gasteiger partial charge in [0.15, 0.2) is 0 Å². The summed E-state index contributed by atoms with van der Waals surface area (Å²) in [5, 5.41) is 11.6. The molecule has 34 heavy (non-hydrogen) atoms. The van der Waals surface area contributed by atoms with Crippen LogP contribution in [-0.4, -0.2) is 53.9 Å². The Morgan fingerprint density at radius 1 is 1.59 bits per heavy atom. The number of hydroxylamine groups is 1. The predicted molar refractivity (Wildman–Crippen MR) is 138 cm³/mol. The number of methoxy groups -OCH3 is 1. The number of thioether (sulfide) groups is 1. The fraction of sp³-hybridized carbons (Fsp3) is 0.429. The van der Waals surface area contributed by atoms with Gasteiger partial charge >= 0.3 is 0 Å². The van der Waals surface area contributed by atoms with Gasteiger partial charge in [-0.25, -0.2) is 10.8 Å². The van der Waals surface area contributed by atoms with Crippen LogP contribution in [-0.2, 0) is 14.3 Å². The standard InChI is InChI=1S/C21H26BrClN6O3S2/c1-11-19(23)34-20(28-11)15(25)9-29(26)10-17(30-3)21(31-16-8-27-32-12(16)2)33-18-6-14(22)5-4-13(18)7-24/h4-6,9,12,16-17,21,27H,8,10,25-26H2,1-3H3/b15-9-/t12?,16?,17-,21?/m0/s1. The zero-order valence-corrected chi connectivity index (χ0v) is 22.8. The summed E-state index contributed by atoms with van der Waals surface area (Å²) >= 11 is 12.3. The summed E-state index contributed by atoms with van der Waals surface area (Å²) < 4.78 is 13.6. The van der Waals surface area contributed by atoms with Gasteiger partial charge in [0.25, 0.3) is 0 Å². The molecule has 3 unspecified atom stereocenters. The van der Waals surface area contributed by atoms with Crippen molar-refractivity contribution in [2.24, 2.45) is 11.6 Å². The minimum atomic E-state index is -0.500. The van der Waals surface area contributed by atoms with Crippen LogP contribution in [0.3, 0.4) is 0 Å². The van der Waals surface area contributed by atoms with Crippen LogP contribution in [0.4, 0.5) is 0 Å². The first-order chi connectivity index (χ1) is 16.2. The quantitative estimate of drug-likeness (QED) is 0.163. The Hall–Kier alpha value is -1.40. The van der Waals surface area contributed by atoms with E-state index < -0.39 is 11.5 Å². The number of nitrogens with two attached hydrogens (primary N) is 2. The molecule has 1 saturated heterocycles. The van der Waals surface area contributed by atoms with Gasteiger partial charge in [0, 0.05) is 22.7 Å². The molecule has 3 rings (SSSR count). The Morgan fingerprint density at radius 2 is 2.35 bits per heavy atom. The number of nitrogens with one attached hydrogen (secondary N) is 1. The molecule has 0 saturated carbocycles. The van der Waals surface area contributed by atoms with E-state index in [1.54, 1.807) is 19.4 Å². The lowest BCUT2D eigenvalue weighted by atomic mass is 10.2. The largest absolute Gasteiger partial charge is 0.395 e. The maximum atomic E-state index is 9.57. The van der Waals surface area contributed by atoms with Crippen molar-refractivity contribution in [1.82, 2.24) is 15.5 Å². The highest BCUT2D eigenvalue weighted by atomic mass is 79.9. The number of hydrazine groups is 1. The molecule has 4 atom stereocenters. The summed E-state index contributed by atoms with van der Waals surface area (Å²) in [4.78, 5) is 10.5. The van der Waals surface area contributed by atoms with Crippen molar-refractivity contribution in [3.63, 3.8) is 0 Å². The Kier molecular flexibility index (Phi) is 10.0. The number of nitrogens with zero attached hydrogens (tertiary/aromatic N) is 3. The molecule has 1 fully saturated rings. The smallest absolute Gasteiger partial charge is 0.142 e. The fourth-order valence-corrected chi connectivity index (χ4v) is 5.83. The van der Waals surface area contributed by atoms with E-state index in [0.717, 1.165) is 9.37 Å². The summed E-state index contributed by atoms with van der Waals surface area (Å²) in [7, 11) is 1.59. The molecule has 5 N–H and O–H groups in total. The zero-order chi connectivity index (χ0) is 24.8. The first-order valence-electron chi connectivity index (χ1n) is 10.3. The number of benzene rings is 1. The maximum Gasteiger partial charge on any atom is 0.142 e. The van der Waals surface area contributed by atoms with Gasteiger partial charge in [-0.15, -0.1) is 11.3 Å². The van der Waals surface area contributed by atoms with E-state index in [-0.39, 0.29) is 18.8 Å². The minimum Gasteiger partial charge on any atom is -0.395 e. The first kappa shape index (κ1) is 27.2. The molecule has 2 aromatic rings. The molecule has 2 heterocycles. The number of rotatable bonds is 10. The van der Waals surface area contributed by atoms with Crippen molar-refractivity contribution < 1.29 is 14.3 Å². The van der Waals surface area contributed by atoms with Crippen LogP contribution in [0.15, 0.2) is 33.8 Å². The Morgan fingerprint density at radius 3 is 2.94 bits per heavy atom. The molecule has 1 aliphatic rings. The second kappa shape index (κ2) is 12.5. The van der Waals surface area contributed by atoms with Crippen molar-refractivity contribution in [3.8, 4) is 6.07 Å². The third-order valence-corrected chi connectivity index (χ3v) is 8.21. The molecule has 0 radical (unpaired) electrons. The number of hydrogen-bond donors (Lipinski definition) is 3. The third-order valence-electron chi connectivity index (χ3n) is 4.98. The number of nitriles is 1. The fourth-order valence-electron chi connectivity index (χ4n) is 3.10. The Labute approximate surface area is 220 Å². The number of hydrogen-bond acceptors (Lipinski definition) is 11. The topological polar surface area (TPSA) is 132 Å². The van der Waals surface area contributed by atoms with Crippen LogP contribution in [0.25, 0.3) is 5.70 Å². The first-order valence-corrected chi connectivity index (χ1v) is 13.1. The van der Waals surface area contributed by atoms with Crippen LogP contribution in [0.2, 0.25) is 4.34 Å². The zero-order valence-electron chi connectivity index (χ0n) is 18.8. The van der Waals surface area contributed by atoms with Crippen molar-refractivity contribution in [2.75, 3.05) is 20.2 Å². The van der Waals surface area contributed by atoms with E-state index in [1.165, 1.54) is 28.1 Å². The van der Waals surface area contributed by atoms with Gasteiger partial charge in [0.1, 0.15) is 39.2 Å². The molecule has 0 aliphatic carbocycles. The lowest BCUT2D eigenvalue weighted by Crippen LogP contribution is -2.44. The lowest BCUT2D eigenvalue weighted by Gasteiger charge is -2.31. The Balaban J connectivity index is 1.81. The minimum absolute atomic E-state index is 0.152. The Bertz CT molecular complexity index is 1050. The average molecular weight is 590 g/mol. The van der Waals surface area contributed by atoms with Gasteiger partial charge in [-0.1, -0.05) is 39.3 Å². The van der Waals surface area contributed by atoms with E-state index in [4.69, 9.17) is 37.5 Å².